The van der Waals surface area contributed by atoms with Crippen LogP contribution in [-0.4, -0.2) is 14.4 Å². The summed E-state index contributed by atoms with van der Waals surface area (Å²) >= 11 is 9.71. The molecule has 0 spiro atoms. The van der Waals surface area contributed by atoms with E-state index >= 15 is 0 Å². The monoisotopic (exact) mass is 371 g/mol. The van der Waals surface area contributed by atoms with E-state index in [1.807, 2.05) is 35.1 Å². The Morgan fingerprint density at radius 3 is 2.95 bits per heavy atom. The van der Waals surface area contributed by atoms with E-state index in [0.717, 1.165) is 33.1 Å². The highest BCUT2D eigenvalue weighted by Gasteiger charge is 2.09. The minimum Gasteiger partial charge on any atom is -0.301 e. The molecule has 3 heterocycles. The third-order valence-electron chi connectivity index (χ3n) is 3.66. The van der Waals surface area contributed by atoms with Gasteiger partial charge in [-0.15, -0.1) is 0 Å². The van der Waals surface area contributed by atoms with E-state index in [2.05, 4.69) is 50.2 Å². The van der Waals surface area contributed by atoms with Crippen molar-refractivity contribution in [3.05, 3.63) is 75.7 Å². The Labute approximate surface area is 140 Å². The highest BCUT2D eigenvalue weighted by molar-refractivity contribution is 9.10. The van der Waals surface area contributed by atoms with Gasteiger partial charge in [0.15, 0.2) is 5.65 Å². The summed E-state index contributed by atoms with van der Waals surface area (Å²) in [5, 5.41) is 1.79. The Bertz CT molecular complexity index is 994. The Hall–Kier alpha value is -1.91. The van der Waals surface area contributed by atoms with Crippen LogP contribution in [0, 0.1) is 0 Å². The smallest absolute Gasteiger partial charge is 0.155 e. The molecule has 0 saturated carbocycles. The molecule has 5 heteroatoms. The van der Waals surface area contributed by atoms with Crippen LogP contribution in [0.2, 0.25) is 5.02 Å². The Morgan fingerprint density at radius 2 is 2.05 bits per heavy atom. The number of nitrogens with zero attached hydrogens (tertiary/aromatic N) is 3. The number of aromatic nitrogens is 3. The van der Waals surface area contributed by atoms with Gasteiger partial charge in [0.05, 0.1) is 10.5 Å². The Balaban J connectivity index is 1.79. The zero-order valence-corrected chi connectivity index (χ0v) is 13.8. The molecule has 0 fully saturated rings. The molecule has 0 radical (unpaired) electrons. The van der Waals surface area contributed by atoms with Gasteiger partial charge in [-0.05, 0) is 45.8 Å². The summed E-state index contributed by atoms with van der Waals surface area (Å²) in [5.74, 6) is 0. The number of fused-ring (bicyclic) bond motifs is 2. The van der Waals surface area contributed by atoms with Crippen molar-refractivity contribution < 1.29 is 0 Å². The van der Waals surface area contributed by atoms with Gasteiger partial charge < -0.3 is 4.40 Å². The minimum absolute atomic E-state index is 0.642. The van der Waals surface area contributed by atoms with Gasteiger partial charge in [0.2, 0.25) is 0 Å². The van der Waals surface area contributed by atoms with Crippen molar-refractivity contribution >= 4 is 44.1 Å². The van der Waals surface area contributed by atoms with Crippen molar-refractivity contribution in [1.82, 2.24) is 14.4 Å². The van der Waals surface area contributed by atoms with E-state index in [1.165, 1.54) is 5.56 Å². The molecule has 0 amide bonds. The van der Waals surface area contributed by atoms with Gasteiger partial charge in [-0.3, -0.25) is 4.98 Å². The third kappa shape index (κ3) is 2.38. The van der Waals surface area contributed by atoms with Gasteiger partial charge in [-0.25, -0.2) is 4.98 Å². The molecule has 0 aliphatic heterocycles. The van der Waals surface area contributed by atoms with Gasteiger partial charge in [-0.2, -0.15) is 0 Å². The standard InChI is InChI=1S/C17H11BrClN3/c18-13-8-15(19)17-21-9-14(22(17)10-13)7-11-3-4-16-12(6-11)2-1-5-20-16/h1-6,8-10H,7H2. The van der Waals surface area contributed by atoms with Crippen LogP contribution in [-0.2, 0) is 6.42 Å². The quantitative estimate of drug-likeness (QED) is 0.501. The number of benzene rings is 1. The number of hydrogen-bond acceptors (Lipinski definition) is 2. The fourth-order valence-corrected chi connectivity index (χ4v) is 3.46. The van der Waals surface area contributed by atoms with Crippen LogP contribution in [0.3, 0.4) is 0 Å². The first-order valence-electron chi connectivity index (χ1n) is 6.85. The molecule has 1 aromatic carbocycles. The number of pyridine rings is 2. The zero-order valence-electron chi connectivity index (χ0n) is 11.5. The molecule has 108 valence electrons. The summed E-state index contributed by atoms with van der Waals surface area (Å²) in [6.45, 7) is 0. The summed E-state index contributed by atoms with van der Waals surface area (Å²) in [6.07, 6.45) is 6.47. The number of rotatable bonds is 2. The first kappa shape index (κ1) is 13.7. The zero-order chi connectivity index (χ0) is 15.1. The second-order valence-corrected chi connectivity index (χ2v) is 6.48. The molecular weight excluding hydrogens is 362 g/mol. The first-order valence-corrected chi connectivity index (χ1v) is 8.02. The maximum atomic E-state index is 6.24. The van der Waals surface area contributed by atoms with Gasteiger partial charge in [0.25, 0.3) is 0 Å². The Kier molecular flexibility index (Phi) is 3.36. The summed E-state index contributed by atoms with van der Waals surface area (Å²) in [7, 11) is 0. The van der Waals surface area contributed by atoms with E-state index in [-0.39, 0.29) is 0 Å². The molecule has 0 aliphatic carbocycles. The van der Waals surface area contributed by atoms with Crippen LogP contribution < -0.4 is 0 Å². The third-order valence-corrected chi connectivity index (χ3v) is 4.37. The van der Waals surface area contributed by atoms with Crippen molar-refractivity contribution in [3.8, 4) is 0 Å². The van der Waals surface area contributed by atoms with Crippen LogP contribution in [0.25, 0.3) is 16.6 Å². The normalized spacial score (nSPS) is 11.4. The number of hydrogen-bond donors (Lipinski definition) is 0. The maximum absolute atomic E-state index is 6.24. The van der Waals surface area contributed by atoms with Gasteiger partial charge in [0, 0.05) is 40.6 Å². The summed E-state index contributed by atoms with van der Waals surface area (Å²) in [6, 6.07) is 12.2. The molecule has 0 N–H and O–H groups in total. The van der Waals surface area contributed by atoms with Crippen LogP contribution >= 0.6 is 27.5 Å². The van der Waals surface area contributed by atoms with Crippen molar-refractivity contribution in [2.75, 3.05) is 0 Å². The fourth-order valence-electron chi connectivity index (χ4n) is 2.64. The molecule has 0 unspecified atom stereocenters. The molecule has 4 rings (SSSR count). The lowest BCUT2D eigenvalue weighted by molar-refractivity contribution is 1.02. The summed E-state index contributed by atoms with van der Waals surface area (Å²) in [5.41, 5.74) is 4.11. The number of halogens is 2. The second-order valence-electron chi connectivity index (χ2n) is 5.16. The summed E-state index contributed by atoms with van der Waals surface area (Å²) in [4.78, 5) is 8.77. The largest absolute Gasteiger partial charge is 0.301 e. The highest BCUT2D eigenvalue weighted by Crippen LogP contribution is 2.24. The van der Waals surface area contributed by atoms with E-state index in [0.29, 0.717) is 5.02 Å². The van der Waals surface area contributed by atoms with E-state index in [9.17, 15) is 0 Å². The van der Waals surface area contributed by atoms with Crippen LogP contribution in [0.5, 0.6) is 0 Å². The van der Waals surface area contributed by atoms with Crippen molar-refractivity contribution in [3.63, 3.8) is 0 Å². The van der Waals surface area contributed by atoms with E-state index in [1.54, 1.807) is 0 Å². The van der Waals surface area contributed by atoms with Gasteiger partial charge in [0.1, 0.15) is 0 Å². The predicted octanol–water partition coefficient (Wildman–Crippen LogP) is 4.89. The SMILES string of the molecule is Clc1cc(Br)cn2c(Cc3ccc4ncccc4c3)cnc12. The van der Waals surface area contributed by atoms with Crippen molar-refractivity contribution in [1.29, 1.82) is 0 Å². The van der Waals surface area contributed by atoms with Crippen LogP contribution in [0.15, 0.2) is 59.5 Å². The maximum Gasteiger partial charge on any atom is 0.155 e. The van der Waals surface area contributed by atoms with Gasteiger partial charge in [-0.1, -0.05) is 23.7 Å². The molecule has 0 aliphatic rings. The fraction of sp³-hybridized carbons (Fsp3) is 0.0588. The number of imidazole rings is 1. The summed E-state index contributed by atoms with van der Waals surface area (Å²) < 4.78 is 2.96. The van der Waals surface area contributed by atoms with E-state index < -0.39 is 0 Å². The molecular formula is C17H11BrClN3. The van der Waals surface area contributed by atoms with Crippen molar-refractivity contribution in [2.24, 2.45) is 0 Å². The molecule has 22 heavy (non-hydrogen) atoms. The average Bonchev–Trinajstić information content (AvgIpc) is 2.90. The molecule has 0 saturated heterocycles. The Morgan fingerprint density at radius 1 is 1.14 bits per heavy atom. The van der Waals surface area contributed by atoms with E-state index in [4.69, 9.17) is 11.6 Å². The topological polar surface area (TPSA) is 30.2 Å². The lowest BCUT2D eigenvalue weighted by Crippen LogP contribution is -1.95. The highest BCUT2D eigenvalue weighted by atomic mass is 79.9. The van der Waals surface area contributed by atoms with Crippen molar-refractivity contribution in [2.45, 2.75) is 6.42 Å². The first-order chi connectivity index (χ1) is 10.7. The van der Waals surface area contributed by atoms with Gasteiger partial charge >= 0.3 is 0 Å². The lowest BCUT2D eigenvalue weighted by Gasteiger charge is -2.05. The van der Waals surface area contributed by atoms with Crippen LogP contribution in [0.1, 0.15) is 11.3 Å². The molecule has 4 aromatic rings. The minimum atomic E-state index is 0.642. The molecule has 3 aromatic heterocycles. The average molecular weight is 373 g/mol. The predicted molar refractivity (Wildman–Crippen MR) is 92.5 cm³/mol. The molecule has 0 bridgehead atoms. The van der Waals surface area contributed by atoms with Crippen LogP contribution in [0.4, 0.5) is 0 Å². The lowest BCUT2D eigenvalue weighted by atomic mass is 10.1. The molecule has 0 atom stereocenters. The second kappa shape index (κ2) is 5.38. The molecule has 3 nitrogen and oxygen atoms in total.